The molecule has 2 aliphatic carbocycles. The van der Waals surface area contributed by atoms with E-state index in [0.29, 0.717) is 17.9 Å². The molecule has 0 spiro atoms. The minimum absolute atomic E-state index is 0.539. The molecule has 2 unspecified atom stereocenters. The van der Waals surface area contributed by atoms with Gasteiger partial charge in [-0.3, -0.25) is 4.79 Å². The summed E-state index contributed by atoms with van der Waals surface area (Å²) in [6.07, 6.45) is 2.88. The molecule has 2 aliphatic rings. The zero-order chi connectivity index (χ0) is 22.7. The number of aryl methyl sites for hydroxylation is 1. The minimum Gasteiger partial charge on any atom is -0.494 e. The van der Waals surface area contributed by atoms with Crippen LogP contribution in [0.4, 0.5) is 0 Å². The number of ether oxygens (including phenoxy) is 1. The highest BCUT2D eigenvalue weighted by molar-refractivity contribution is 7.13. The van der Waals surface area contributed by atoms with Gasteiger partial charge in [0, 0.05) is 4.88 Å². The van der Waals surface area contributed by atoms with E-state index in [0.717, 1.165) is 30.4 Å². The Morgan fingerprint density at radius 1 is 1.12 bits per heavy atom. The molecule has 0 aliphatic heterocycles. The molecule has 3 aromatic rings. The third kappa shape index (κ3) is 2.63. The molecule has 0 bridgehead atoms. The van der Waals surface area contributed by atoms with Crippen LogP contribution in [-0.4, -0.2) is 22.0 Å². The maximum absolute atomic E-state index is 12.9. The summed E-state index contributed by atoms with van der Waals surface area (Å²) < 4.78 is 4.04. The van der Waals surface area contributed by atoms with Crippen LogP contribution in [0, 0.1) is 0 Å². The van der Waals surface area contributed by atoms with Crippen molar-refractivity contribution in [3.63, 3.8) is 0 Å². The average molecular weight is 487 g/mol. The standard InChI is InChI=1S/C26H24Cl2O3S/c1-3-31-18-12-10-17(11-13-18)25(23(29)30)24(2,26(25,27)28)21-9-5-8-20-19(21)7-4-6-16-14-15-32-22(16)20/h5,8-15H,3-4,6-7H2,1-2H3,(H,29,30). The second kappa shape index (κ2) is 7.51. The predicted octanol–water partition coefficient (Wildman–Crippen LogP) is 6.77. The van der Waals surface area contributed by atoms with Gasteiger partial charge in [0.15, 0.2) is 0 Å². The molecule has 0 saturated heterocycles. The van der Waals surface area contributed by atoms with Crippen LogP contribution < -0.4 is 4.74 Å². The summed E-state index contributed by atoms with van der Waals surface area (Å²) in [6.45, 7) is 4.34. The van der Waals surface area contributed by atoms with E-state index in [1.165, 1.54) is 16.0 Å². The van der Waals surface area contributed by atoms with Crippen LogP contribution in [0.1, 0.15) is 42.5 Å². The smallest absolute Gasteiger partial charge is 0.318 e. The number of rotatable bonds is 5. The van der Waals surface area contributed by atoms with Crippen molar-refractivity contribution in [1.29, 1.82) is 0 Å². The lowest BCUT2D eigenvalue weighted by Gasteiger charge is -2.23. The van der Waals surface area contributed by atoms with Gasteiger partial charge >= 0.3 is 5.97 Å². The van der Waals surface area contributed by atoms with Crippen molar-refractivity contribution in [3.8, 4) is 16.2 Å². The van der Waals surface area contributed by atoms with E-state index >= 15 is 0 Å². The third-order valence-electron chi connectivity index (χ3n) is 7.28. The van der Waals surface area contributed by atoms with E-state index in [2.05, 4.69) is 17.5 Å². The normalized spacial score (nSPS) is 25.4. The molecule has 6 heteroatoms. The average Bonchev–Trinajstić information content (AvgIpc) is 2.99. The molecule has 1 fully saturated rings. The van der Waals surface area contributed by atoms with Gasteiger partial charge in [-0.25, -0.2) is 0 Å². The summed E-state index contributed by atoms with van der Waals surface area (Å²) in [7, 11) is 0. The van der Waals surface area contributed by atoms with Crippen LogP contribution in [-0.2, 0) is 28.5 Å². The Labute approximate surface area is 201 Å². The second-order valence-electron chi connectivity index (χ2n) is 8.67. The molecule has 1 aromatic heterocycles. The van der Waals surface area contributed by atoms with Crippen molar-refractivity contribution < 1.29 is 14.6 Å². The number of alkyl halides is 2. The molecule has 0 amide bonds. The van der Waals surface area contributed by atoms with Gasteiger partial charge in [0.05, 0.1) is 12.0 Å². The van der Waals surface area contributed by atoms with Crippen LogP contribution >= 0.6 is 34.5 Å². The van der Waals surface area contributed by atoms with Crippen molar-refractivity contribution in [2.75, 3.05) is 6.61 Å². The van der Waals surface area contributed by atoms with Crippen molar-refractivity contribution in [1.82, 2.24) is 0 Å². The van der Waals surface area contributed by atoms with Gasteiger partial charge in [-0.2, -0.15) is 0 Å². The van der Waals surface area contributed by atoms with E-state index < -0.39 is 21.1 Å². The molecule has 5 rings (SSSR count). The first-order chi connectivity index (χ1) is 15.3. The first kappa shape index (κ1) is 21.8. The molecule has 1 saturated carbocycles. The first-order valence-electron chi connectivity index (χ1n) is 10.8. The van der Waals surface area contributed by atoms with E-state index in [4.69, 9.17) is 27.9 Å². The summed E-state index contributed by atoms with van der Waals surface area (Å²) >= 11 is 15.6. The van der Waals surface area contributed by atoms with Crippen LogP contribution in [0.25, 0.3) is 10.4 Å². The van der Waals surface area contributed by atoms with Crippen molar-refractivity contribution >= 4 is 40.5 Å². The molecule has 2 atom stereocenters. The fourth-order valence-electron chi connectivity index (χ4n) is 5.67. The SMILES string of the molecule is CCOc1ccc(C2(C(=O)O)C(Cl)(Cl)C2(C)c2cccc3c2CCCc2ccsc2-3)cc1. The number of thiophene rings is 1. The predicted molar refractivity (Wildman–Crippen MR) is 130 cm³/mol. The number of carbonyl (C=O) groups is 1. The summed E-state index contributed by atoms with van der Waals surface area (Å²) in [4.78, 5) is 14.2. The van der Waals surface area contributed by atoms with Gasteiger partial charge in [0.25, 0.3) is 0 Å². The molecular formula is C26H24Cl2O3S. The number of halogens is 2. The molecule has 3 nitrogen and oxygen atoms in total. The summed E-state index contributed by atoms with van der Waals surface area (Å²) in [5.41, 5.74) is 2.75. The van der Waals surface area contributed by atoms with Gasteiger partial charge in [-0.05, 0) is 77.6 Å². The Morgan fingerprint density at radius 3 is 2.56 bits per heavy atom. The molecule has 166 valence electrons. The Bertz CT molecular complexity index is 1200. The van der Waals surface area contributed by atoms with E-state index in [-0.39, 0.29) is 0 Å². The topological polar surface area (TPSA) is 46.5 Å². The summed E-state index contributed by atoms with van der Waals surface area (Å²) in [5, 5.41) is 12.7. The molecule has 1 heterocycles. The monoisotopic (exact) mass is 486 g/mol. The number of aliphatic carboxylic acids is 1. The quantitative estimate of drug-likeness (QED) is 0.404. The molecule has 1 N–H and O–H groups in total. The summed E-state index contributed by atoms with van der Waals surface area (Å²) in [6, 6.07) is 15.5. The Morgan fingerprint density at radius 2 is 1.88 bits per heavy atom. The summed E-state index contributed by atoms with van der Waals surface area (Å²) in [5.74, 6) is -0.329. The molecule has 32 heavy (non-hydrogen) atoms. The Kier molecular flexibility index (Phi) is 5.12. The number of fused-ring (bicyclic) bond motifs is 3. The molecule has 2 aromatic carbocycles. The zero-order valence-corrected chi connectivity index (χ0v) is 20.3. The third-order valence-corrected chi connectivity index (χ3v) is 9.60. The first-order valence-corrected chi connectivity index (χ1v) is 12.5. The van der Waals surface area contributed by atoms with Crippen molar-refractivity contribution in [3.05, 3.63) is 76.2 Å². The highest BCUT2D eigenvalue weighted by atomic mass is 35.5. The van der Waals surface area contributed by atoms with Crippen LogP contribution in [0.15, 0.2) is 53.9 Å². The highest BCUT2D eigenvalue weighted by Gasteiger charge is 2.90. The van der Waals surface area contributed by atoms with Gasteiger partial charge in [0.1, 0.15) is 15.5 Å². The van der Waals surface area contributed by atoms with E-state index in [1.807, 2.05) is 26.0 Å². The van der Waals surface area contributed by atoms with E-state index in [1.54, 1.807) is 35.6 Å². The van der Waals surface area contributed by atoms with Crippen LogP contribution in [0.5, 0.6) is 5.75 Å². The number of hydrogen-bond donors (Lipinski definition) is 1. The zero-order valence-electron chi connectivity index (χ0n) is 18.0. The fourth-order valence-corrected chi connectivity index (χ4v) is 7.83. The lowest BCUT2D eigenvalue weighted by Crippen LogP contribution is -2.30. The Hall–Kier alpha value is -2.01. The van der Waals surface area contributed by atoms with Crippen LogP contribution in [0.3, 0.4) is 0 Å². The van der Waals surface area contributed by atoms with Crippen molar-refractivity contribution in [2.24, 2.45) is 0 Å². The second-order valence-corrected chi connectivity index (χ2v) is 10.9. The van der Waals surface area contributed by atoms with Gasteiger partial charge in [-0.15, -0.1) is 11.3 Å². The molecule has 0 radical (unpaired) electrons. The van der Waals surface area contributed by atoms with Gasteiger partial charge in [-0.1, -0.05) is 60.5 Å². The number of carboxylic acids is 1. The van der Waals surface area contributed by atoms with E-state index in [9.17, 15) is 9.90 Å². The van der Waals surface area contributed by atoms with Crippen molar-refractivity contribution in [2.45, 2.75) is 48.3 Å². The maximum Gasteiger partial charge on any atom is 0.318 e. The largest absolute Gasteiger partial charge is 0.494 e. The number of carboxylic acid groups (broad SMARTS) is 1. The Balaban J connectivity index is 1.70. The lowest BCUT2D eigenvalue weighted by molar-refractivity contribution is -0.140. The number of hydrogen-bond acceptors (Lipinski definition) is 3. The van der Waals surface area contributed by atoms with Crippen LogP contribution in [0.2, 0.25) is 0 Å². The fraction of sp³-hybridized carbons (Fsp3) is 0.346. The maximum atomic E-state index is 12.9. The number of benzene rings is 2. The minimum atomic E-state index is -1.50. The van der Waals surface area contributed by atoms with Gasteiger partial charge < -0.3 is 9.84 Å². The molecular weight excluding hydrogens is 463 g/mol. The highest BCUT2D eigenvalue weighted by Crippen LogP contribution is 2.79. The lowest BCUT2D eigenvalue weighted by atomic mass is 9.79. The van der Waals surface area contributed by atoms with Gasteiger partial charge in [0.2, 0.25) is 0 Å².